The van der Waals surface area contributed by atoms with Gasteiger partial charge in [-0.25, -0.2) is 8.42 Å². The van der Waals surface area contributed by atoms with Crippen LogP contribution in [0.3, 0.4) is 0 Å². The summed E-state index contributed by atoms with van der Waals surface area (Å²) in [7, 11) is -3.49. The van der Waals surface area contributed by atoms with E-state index in [-0.39, 0.29) is 23.5 Å². The first-order chi connectivity index (χ1) is 9.55. The Hall–Kier alpha value is -1.01. The lowest BCUT2D eigenvalue weighted by atomic mass is 9.87. The van der Waals surface area contributed by atoms with Crippen molar-refractivity contribution < 1.29 is 13.2 Å². The maximum atomic E-state index is 12.2. The standard InChI is InChI=1S/C14H17NO3S2/c16-14(15-20(17,18)9-10-4-3-5-10)12-8-19-13-7-2-1-6-11(12)13/h1-2,6-7,10,12H,3-5,8-9H2,(H,15,16)/t12-/m1/s1. The van der Waals surface area contributed by atoms with Gasteiger partial charge in [0.15, 0.2) is 0 Å². The molecule has 3 rings (SSSR count). The molecular weight excluding hydrogens is 294 g/mol. The second-order valence-corrected chi connectivity index (χ2v) is 8.27. The van der Waals surface area contributed by atoms with Crippen molar-refractivity contribution in [1.82, 2.24) is 4.72 Å². The summed E-state index contributed by atoms with van der Waals surface area (Å²) in [6.07, 6.45) is 3.01. The van der Waals surface area contributed by atoms with E-state index in [1.807, 2.05) is 24.3 Å². The van der Waals surface area contributed by atoms with Crippen molar-refractivity contribution in [3.63, 3.8) is 0 Å². The zero-order valence-electron chi connectivity index (χ0n) is 11.0. The fourth-order valence-electron chi connectivity index (χ4n) is 2.62. The highest BCUT2D eigenvalue weighted by atomic mass is 32.2. The van der Waals surface area contributed by atoms with E-state index in [1.54, 1.807) is 11.8 Å². The number of rotatable bonds is 4. The van der Waals surface area contributed by atoms with Gasteiger partial charge in [0.2, 0.25) is 15.9 Å². The Bertz CT molecular complexity index is 623. The summed E-state index contributed by atoms with van der Waals surface area (Å²) in [4.78, 5) is 13.3. The van der Waals surface area contributed by atoms with Crippen molar-refractivity contribution in [1.29, 1.82) is 0 Å². The Morgan fingerprint density at radius 2 is 2.05 bits per heavy atom. The molecule has 1 aliphatic heterocycles. The number of nitrogens with one attached hydrogen (secondary N) is 1. The highest BCUT2D eigenvalue weighted by molar-refractivity contribution is 7.99. The molecule has 1 saturated carbocycles. The predicted octanol–water partition coefficient (Wildman–Crippen LogP) is 2.12. The average Bonchev–Trinajstić information content (AvgIpc) is 2.77. The lowest BCUT2D eigenvalue weighted by Crippen LogP contribution is -2.39. The lowest BCUT2D eigenvalue weighted by molar-refractivity contribution is -0.120. The number of amides is 1. The van der Waals surface area contributed by atoms with Crippen LogP contribution in [0.25, 0.3) is 0 Å². The normalized spacial score (nSPS) is 22.1. The van der Waals surface area contributed by atoms with Gasteiger partial charge in [0.1, 0.15) is 0 Å². The maximum Gasteiger partial charge on any atom is 0.241 e. The second kappa shape index (κ2) is 5.41. The largest absolute Gasteiger partial charge is 0.273 e. The molecule has 1 heterocycles. The minimum atomic E-state index is -3.49. The number of hydrogen-bond acceptors (Lipinski definition) is 4. The number of benzene rings is 1. The van der Waals surface area contributed by atoms with Crippen LogP contribution in [0, 0.1) is 5.92 Å². The first-order valence-electron chi connectivity index (χ1n) is 6.81. The number of fused-ring (bicyclic) bond motifs is 1. The molecule has 1 aromatic carbocycles. The van der Waals surface area contributed by atoms with Crippen LogP contribution >= 0.6 is 11.8 Å². The molecule has 1 atom stereocenters. The van der Waals surface area contributed by atoms with Gasteiger partial charge in [-0.1, -0.05) is 24.6 Å². The maximum absolute atomic E-state index is 12.2. The Kier molecular flexibility index (Phi) is 3.77. The quantitative estimate of drug-likeness (QED) is 0.925. The summed E-state index contributed by atoms with van der Waals surface area (Å²) in [5, 5.41) is 0. The van der Waals surface area contributed by atoms with E-state index in [0.717, 1.165) is 29.7 Å². The zero-order valence-corrected chi connectivity index (χ0v) is 12.7. The lowest BCUT2D eigenvalue weighted by Gasteiger charge is -2.25. The zero-order chi connectivity index (χ0) is 14.2. The molecular formula is C14H17NO3S2. The number of carbonyl (C=O) groups is 1. The fourth-order valence-corrected chi connectivity index (χ4v) is 5.33. The summed E-state index contributed by atoms with van der Waals surface area (Å²) in [6, 6.07) is 7.68. The highest BCUT2D eigenvalue weighted by Crippen LogP contribution is 2.39. The summed E-state index contributed by atoms with van der Waals surface area (Å²) in [5.74, 6) is 0.185. The number of carbonyl (C=O) groups excluding carboxylic acids is 1. The van der Waals surface area contributed by atoms with Crippen molar-refractivity contribution in [2.75, 3.05) is 11.5 Å². The van der Waals surface area contributed by atoms with Crippen LogP contribution in [0.2, 0.25) is 0 Å². The monoisotopic (exact) mass is 311 g/mol. The van der Waals surface area contributed by atoms with Gasteiger partial charge in [-0.05, 0) is 30.4 Å². The van der Waals surface area contributed by atoms with Crippen molar-refractivity contribution in [2.24, 2.45) is 5.92 Å². The third-order valence-corrected chi connectivity index (χ3v) is 6.56. The van der Waals surface area contributed by atoms with Crippen LogP contribution in [0.5, 0.6) is 0 Å². The van der Waals surface area contributed by atoms with Gasteiger partial charge < -0.3 is 0 Å². The molecule has 0 radical (unpaired) electrons. The van der Waals surface area contributed by atoms with Crippen LogP contribution in [-0.2, 0) is 14.8 Å². The third-order valence-electron chi connectivity index (χ3n) is 3.95. The summed E-state index contributed by atoms with van der Waals surface area (Å²) in [5.41, 5.74) is 0.939. The van der Waals surface area contributed by atoms with E-state index < -0.39 is 10.0 Å². The Labute approximate surface area is 123 Å². The molecule has 2 aliphatic rings. The van der Waals surface area contributed by atoms with E-state index in [0.29, 0.717) is 5.75 Å². The van der Waals surface area contributed by atoms with Crippen molar-refractivity contribution >= 4 is 27.7 Å². The number of thioether (sulfide) groups is 1. The SMILES string of the molecule is O=C(NS(=O)(=O)CC1CCC1)[C@@H]1CSc2ccccc21. The Morgan fingerprint density at radius 1 is 1.30 bits per heavy atom. The van der Waals surface area contributed by atoms with E-state index in [2.05, 4.69) is 4.72 Å². The molecule has 0 unspecified atom stereocenters. The molecule has 0 aromatic heterocycles. The molecule has 1 fully saturated rings. The van der Waals surface area contributed by atoms with Gasteiger partial charge in [-0.15, -0.1) is 11.8 Å². The topological polar surface area (TPSA) is 63.2 Å². The molecule has 0 saturated heterocycles. The van der Waals surface area contributed by atoms with E-state index in [4.69, 9.17) is 0 Å². The molecule has 4 nitrogen and oxygen atoms in total. The van der Waals surface area contributed by atoms with Gasteiger partial charge in [-0.2, -0.15) is 0 Å². The number of sulfonamides is 1. The minimum Gasteiger partial charge on any atom is -0.273 e. The summed E-state index contributed by atoms with van der Waals surface area (Å²) >= 11 is 1.60. The van der Waals surface area contributed by atoms with Gasteiger partial charge in [0, 0.05) is 10.6 Å². The van der Waals surface area contributed by atoms with E-state index in [1.165, 1.54) is 0 Å². The smallest absolute Gasteiger partial charge is 0.241 e. The van der Waals surface area contributed by atoms with Gasteiger partial charge in [-0.3, -0.25) is 9.52 Å². The van der Waals surface area contributed by atoms with Gasteiger partial charge in [0.25, 0.3) is 0 Å². The molecule has 108 valence electrons. The average molecular weight is 311 g/mol. The third kappa shape index (κ3) is 2.86. The van der Waals surface area contributed by atoms with Crippen molar-refractivity contribution in [2.45, 2.75) is 30.1 Å². The molecule has 1 amide bonds. The molecule has 1 aromatic rings. The van der Waals surface area contributed by atoms with Crippen LogP contribution < -0.4 is 4.72 Å². The first kappa shape index (κ1) is 13.9. The molecule has 1 N–H and O–H groups in total. The van der Waals surface area contributed by atoms with Crippen LogP contribution in [0.15, 0.2) is 29.2 Å². The van der Waals surface area contributed by atoms with Crippen molar-refractivity contribution in [3.8, 4) is 0 Å². The fraction of sp³-hybridized carbons (Fsp3) is 0.500. The van der Waals surface area contributed by atoms with E-state index in [9.17, 15) is 13.2 Å². The first-order valence-corrected chi connectivity index (χ1v) is 9.45. The van der Waals surface area contributed by atoms with Gasteiger partial charge >= 0.3 is 0 Å². The summed E-state index contributed by atoms with van der Waals surface area (Å²) < 4.78 is 26.2. The number of hydrogen-bond donors (Lipinski definition) is 1. The van der Waals surface area contributed by atoms with Crippen LogP contribution in [-0.4, -0.2) is 25.8 Å². The van der Waals surface area contributed by atoms with Crippen LogP contribution in [0.4, 0.5) is 0 Å². The Balaban J connectivity index is 1.68. The van der Waals surface area contributed by atoms with Crippen LogP contribution in [0.1, 0.15) is 30.7 Å². The molecule has 0 bridgehead atoms. The summed E-state index contributed by atoms with van der Waals surface area (Å²) in [6.45, 7) is 0. The molecule has 1 aliphatic carbocycles. The van der Waals surface area contributed by atoms with Crippen molar-refractivity contribution in [3.05, 3.63) is 29.8 Å². The predicted molar refractivity (Wildman–Crippen MR) is 79.2 cm³/mol. The van der Waals surface area contributed by atoms with E-state index >= 15 is 0 Å². The highest BCUT2D eigenvalue weighted by Gasteiger charge is 2.32. The molecule has 6 heteroatoms. The van der Waals surface area contributed by atoms with Gasteiger partial charge in [0.05, 0.1) is 11.7 Å². The molecule has 0 spiro atoms. The minimum absolute atomic E-state index is 0.0836. The Morgan fingerprint density at radius 3 is 2.75 bits per heavy atom. The molecule has 20 heavy (non-hydrogen) atoms. The second-order valence-electron chi connectivity index (χ2n) is 5.45.